The van der Waals surface area contributed by atoms with Crippen molar-refractivity contribution in [1.29, 1.82) is 0 Å². The lowest BCUT2D eigenvalue weighted by atomic mass is 10.1. The number of nitrogens with one attached hydrogen (secondary N) is 2. The number of aryl methyl sites for hydroxylation is 1. The Labute approximate surface area is 212 Å². The summed E-state index contributed by atoms with van der Waals surface area (Å²) in [7, 11) is 0. The quantitative estimate of drug-likeness (QED) is 0.204. The highest BCUT2D eigenvalue weighted by molar-refractivity contribution is 7.99. The maximum Gasteiger partial charge on any atom is 0.169 e. The summed E-state index contributed by atoms with van der Waals surface area (Å²) in [5, 5.41) is 28.2. The van der Waals surface area contributed by atoms with Crippen LogP contribution >= 0.6 is 11.8 Å². The van der Waals surface area contributed by atoms with Gasteiger partial charge in [-0.25, -0.2) is 0 Å². The van der Waals surface area contributed by atoms with Crippen LogP contribution in [0.2, 0.25) is 0 Å². The van der Waals surface area contributed by atoms with E-state index in [0.717, 1.165) is 42.1 Å². The van der Waals surface area contributed by atoms with E-state index in [2.05, 4.69) is 51.9 Å². The molecule has 0 spiro atoms. The molecule has 2 unspecified atom stereocenters. The number of anilines is 1. The van der Waals surface area contributed by atoms with Crippen molar-refractivity contribution in [3.05, 3.63) is 95.6 Å². The van der Waals surface area contributed by atoms with Crippen molar-refractivity contribution in [3.8, 4) is 5.75 Å². The highest BCUT2D eigenvalue weighted by atomic mass is 32.2. The van der Waals surface area contributed by atoms with Gasteiger partial charge in [0, 0.05) is 30.5 Å². The summed E-state index contributed by atoms with van der Waals surface area (Å²) in [4.78, 5) is 2.17. The molecule has 0 saturated carbocycles. The first-order chi connectivity index (χ1) is 17.1. The van der Waals surface area contributed by atoms with E-state index in [-0.39, 0.29) is 11.2 Å². The molecule has 6 nitrogen and oxygen atoms in total. The second-order valence-corrected chi connectivity index (χ2v) is 9.90. The number of phenols is 1. The van der Waals surface area contributed by atoms with Gasteiger partial charge >= 0.3 is 0 Å². The normalized spacial score (nSPS) is 16.1. The third-order valence-electron chi connectivity index (χ3n) is 5.93. The molecule has 0 aliphatic carbocycles. The summed E-state index contributed by atoms with van der Waals surface area (Å²) >= 11 is 1.78. The molecule has 3 aromatic rings. The minimum atomic E-state index is -0.529. The fourth-order valence-electron chi connectivity index (χ4n) is 4.12. The highest BCUT2D eigenvalue weighted by Crippen LogP contribution is 2.31. The summed E-state index contributed by atoms with van der Waals surface area (Å²) in [5.74, 6) is 2.05. The molecule has 0 amide bonds. The van der Waals surface area contributed by atoms with E-state index in [0.29, 0.717) is 13.0 Å². The Morgan fingerprint density at radius 3 is 2.60 bits per heavy atom. The number of unbranched alkanes of at least 4 members (excludes halogenated alkanes) is 1. The summed E-state index contributed by atoms with van der Waals surface area (Å²) in [6, 6.07) is 26.0. The van der Waals surface area contributed by atoms with Crippen molar-refractivity contribution in [2.75, 3.05) is 4.90 Å². The monoisotopic (exact) mass is 490 g/mol. The van der Waals surface area contributed by atoms with Gasteiger partial charge in [-0.2, -0.15) is 5.10 Å². The van der Waals surface area contributed by atoms with E-state index in [4.69, 9.17) is 0 Å². The zero-order chi connectivity index (χ0) is 24.5. The van der Waals surface area contributed by atoms with Crippen molar-refractivity contribution in [1.82, 2.24) is 10.7 Å². The van der Waals surface area contributed by atoms with Crippen molar-refractivity contribution in [3.63, 3.8) is 0 Å². The lowest BCUT2D eigenvalue weighted by Crippen LogP contribution is -2.38. The van der Waals surface area contributed by atoms with E-state index in [9.17, 15) is 10.2 Å². The first-order valence-electron chi connectivity index (χ1n) is 12.1. The van der Waals surface area contributed by atoms with Gasteiger partial charge in [0.1, 0.15) is 17.8 Å². The molecule has 184 valence electrons. The largest absolute Gasteiger partial charge is 0.508 e. The number of amidine groups is 1. The molecule has 0 aromatic heterocycles. The fraction of sp³-hybridized carbons (Fsp3) is 0.321. The number of aliphatic hydroxyl groups is 1. The summed E-state index contributed by atoms with van der Waals surface area (Å²) < 4.78 is 0. The molecule has 4 rings (SSSR count). The van der Waals surface area contributed by atoms with Crippen molar-refractivity contribution < 1.29 is 10.2 Å². The summed E-state index contributed by atoms with van der Waals surface area (Å²) in [5.41, 5.74) is 7.84. The number of thioether (sulfide) groups is 1. The van der Waals surface area contributed by atoms with Crippen LogP contribution in [0.4, 0.5) is 5.69 Å². The third kappa shape index (κ3) is 7.49. The first-order valence-corrected chi connectivity index (χ1v) is 13.2. The third-order valence-corrected chi connectivity index (χ3v) is 7.06. The Kier molecular flexibility index (Phi) is 9.06. The average molecular weight is 491 g/mol. The first kappa shape index (κ1) is 25.1. The minimum Gasteiger partial charge on any atom is -0.508 e. The lowest BCUT2D eigenvalue weighted by molar-refractivity contribution is 0.123. The van der Waals surface area contributed by atoms with Crippen LogP contribution in [0.1, 0.15) is 42.4 Å². The number of aromatic hydroxyl groups is 1. The Morgan fingerprint density at radius 2 is 1.80 bits per heavy atom. The van der Waals surface area contributed by atoms with Crippen LogP contribution in [-0.4, -0.2) is 27.8 Å². The van der Waals surface area contributed by atoms with Gasteiger partial charge in [0.25, 0.3) is 0 Å². The molecule has 7 heteroatoms. The van der Waals surface area contributed by atoms with Gasteiger partial charge in [0.15, 0.2) is 5.50 Å². The molecule has 1 heterocycles. The zero-order valence-corrected chi connectivity index (χ0v) is 20.9. The van der Waals surface area contributed by atoms with Crippen LogP contribution in [0.5, 0.6) is 5.75 Å². The van der Waals surface area contributed by atoms with Crippen molar-refractivity contribution in [2.45, 2.75) is 56.6 Å². The molecule has 35 heavy (non-hydrogen) atoms. The van der Waals surface area contributed by atoms with Gasteiger partial charge < -0.3 is 10.2 Å². The topological polar surface area (TPSA) is 80.1 Å². The van der Waals surface area contributed by atoms with E-state index < -0.39 is 6.23 Å². The van der Waals surface area contributed by atoms with Gasteiger partial charge in [0.2, 0.25) is 0 Å². The molecule has 3 aromatic carbocycles. The number of hydrogen-bond donors (Lipinski definition) is 4. The van der Waals surface area contributed by atoms with Gasteiger partial charge in [-0.15, -0.1) is 11.8 Å². The zero-order valence-electron chi connectivity index (χ0n) is 20.1. The second-order valence-electron chi connectivity index (χ2n) is 8.83. The number of phenolic OH excluding ortho intramolecular Hbond substituents is 1. The maximum atomic E-state index is 10.3. The van der Waals surface area contributed by atoms with Gasteiger partial charge in [-0.05, 0) is 49.4 Å². The van der Waals surface area contributed by atoms with E-state index >= 15 is 0 Å². The molecule has 1 aliphatic heterocycles. The van der Waals surface area contributed by atoms with E-state index in [1.165, 1.54) is 11.1 Å². The average Bonchev–Trinajstić information content (AvgIpc) is 3.27. The highest BCUT2D eigenvalue weighted by Gasteiger charge is 2.29. The molecule has 0 bridgehead atoms. The Bertz CT molecular complexity index is 1110. The molecule has 4 N–H and O–H groups in total. The predicted molar refractivity (Wildman–Crippen MR) is 145 cm³/mol. The minimum absolute atomic E-state index is 0.0505. The van der Waals surface area contributed by atoms with E-state index in [1.807, 2.05) is 42.5 Å². The number of nitrogens with zero attached hydrogens (tertiary/aromatic N) is 2. The van der Waals surface area contributed by atoms with Crippen LogP contribution in [0.15, 0.2) is 84.0 Å². The lowest BCUT2D eigenvalue weighted by Gasteiger charge is -2.27. The number of hydrogen-bond acceptors (Lipinski definition) is 7. The second kappa shape index (κ2) is 12.6. The van der Waals surface area contributed by atoms with Crippen LogP contribution in [0.3, 0.4) is 0 Å². The molecular weight excluding hydrogens is 456 g/mol. The molecule has 0 fully saturated rings. The van der Waals surface area contributed by atoms with Gasteiger partial charge in [0.05, 0.1) is 0 Å². The number of hydrazone groups is 1. The Balaban J connectivity index is 1.30. The van der Waals surface area contributed by atoms with Gasteiger partial charge in [-0.1, -0.05) is 66.2 Å². The standard InChI is InChI=1S/C28H34N4O2S/c1-21-9-7-12-23(17-21)20-35-28-31-30-26(32(28)24-13-8-14-25(33)18-24)15-5-6-16-27(34)29-19-22-10-3-2-4-11-22/h2-4,7-14,17-18,27-29,31,33-34H,5-6,15-16,19-20H2,1H3. The smallest absolute Gasteiger partial charge is 0.169 e. The predicted octanol–water partition coefficient (Wildman–Crippen LogP) is 5.31. The summed E-state index contributed by atoms with van der Waals surface area (Å²) in [6.45, 7) is 2.76. The van der Waals surface area contributed by atoms with Crippen molar-refractivity contribution >= 4 is 23.3 Å². The number of rotatable bonds is 12. The molecule has 1 aliphatic rings. The Hall–Kier alpha value is -3.00. The molecule has 0 radical (unpaired) electrons. The molecule has 0 saturated heterocycles. The van der Waals surface area contributed by atoms with Crippen LogP contribution in [0, 0.1) is 6.92 Å². The molecule has 2 atom stereocenters. The van der Waals surface area contributed by atoms with Gasteiger partial charge in [-0.3, -0.25) is 15.6 Å². The number of benzene rings is 3. The van der Waals surface area contributed by atoms with Crippen molar-refractivity contribution in [2.24, 2.45) is 5.10 Å². The number of aliphatic hydroxyl groups excluding tert-OH is 1. The molecular formula is C28H34N4O2S. The van der Waals surface area contributed by atoms with Crippen LogP contribution in [0.25, 0.3) is 0 Å². The SMILES string of the molecule is Cc1cccc(CSC2NN=C(CCCCC(O)NCc3ccccc3)N2c2cccc(O)c2)c1. The maximum absolute atomic E-state index is 10.3. The summed E-state index contributed by atoms with van der Waals surface area (Å²) in [6.07, 6.45) is 2.74. The van der Waals surface area contributed by atoms with Crippen LogP contribution < -0.4 is 15.6 Å². The van der Waals surface area contributed by atoms with Crippen LogP contribution in [-0.2, 0) is 12.3 Å². The van der Waals surface area contributed by atoms with E-state index in [1.54, 1.807) is 23.9 Å². The fourth-order valence-corrected chi connectivity index (χ4v) is 5.17. The Morgan fingerprint density at radius 1 is 1.00 bits per heavy atom.